The highest BCUT2D eigenvalue weighted by molar-refractivity contribution is 7.15. The van der Waals surface area contributed by atoms with Crippen LogP contribution in [0, 0.1) is 6.92 Å². The predicted molar refractivity (Wildman–Crippen MR) is 132 cm³/mol. The Kier molecular flexibility index (Phi) is 6.79. The number of benzene rings is 2. The lowest BCUT2D eigenvalue weighted by Crippen LogP contribution is -2.30. The van der Waals surface area contributed by atoms with Crippen molar-refractivity contribution in [1.82, 2.24) is 0 Å². The molecule has 1 amide bonds. The second kappa shape index (κ2) is 9.93. The first kappa shape index (κ1) is 23.3. The maximum Gasteiger partial charge on any atom is 0.341 e. The number of carbonyl (C=O) groups excluding carboxylic acids is 2. The molecular weight excluding hydrogens is 454 g/mol. The first-order chi connectivity index (χ1) is 16.4. The molecule has 174 valence electrons. The van der Waals surface area contributed by atoms with Crippen molar-refractivity contribution in [2.24, 2.45) is 0 Å². The Morgan fingerprint density at radius 2 is 1.88 bits per heavy atom. The summed E-state index contributed by atoms with van der Waals surface area (Å²) in [5.41, 5.74) is 2.56. The van der Waals surface area contributed by atoms with Crippen molar-refractivity contribution in [3.63, 3.8) is 0 Å². The third-order valence-electron chi connectivity index (χ3n) is 5.20. The molecule has 2 aromatic heterocycles. The lowest BCUT2D eigenvalue weighted by Gasteiger charge is -2.15. The van der Waals surface area contributed by atoms with E-state index in [9.17, 15) is 14.4 Å². The summed E-state index contributed by atoms with van der Waals surface area (Å²) >= 11 is 1.24. The van der Waals surface area contributed by atoms with Crippen molar-refractivity contribution in [2.45, 2.75) is 26.9 Å². The van der Waals surface area contributed by atoms with E-state index in [0.29, 0.717) is 27.5 Å². The van der Waals surface area contributed by atoms with Crippen molar-refractivity contribution in [2.75, 3.05) is 11.9 Å². The molecule has 34 heavy (non-hydrogen) atoms. The highest BCUT2D eigenvalue weighted by Crippen LogP contribution is 2.36. The van der Waals surface area contributed by atoms with Gasteiger partial charge >= 0.3 is 11.6 Å². The number of carbonyl (C=O) groups is 2. The summed E-state index contributed by atoms with van der Waals surface area (Å²) in [6.45, 7) is 5.37. The Morgan fingerprint density at radius 1 is 1.12 bits per heavy atom. The number of hydrogen-bond acceptors (Lipinski definition) is 7. The second-order valence-electron chi connectivity index (χ2n) is 7.60. The SMILES string of the molecule is CCOC(=O)c1c(-c2ccccc2)csc1NC(=O)C(C)Oc1ccc2c(C)cc(=O)oc2c1. The quantitative estimate of drug-likeness (QED) is 0.282. The second-order valence-corrected chi connectivity index (χ2v) is 8.48. The van der Waals surface area contributed by atoms with Crippen LogP contribution in [0.4, 0.5) is 5.00 Å². The third-order valence-corrected chi connectivity index (χ3v) is 6.09. The Morgan fingerprint density at radius 3 is 2.62 bits per heavy atom. The third kappa shape index (κ3) is 4.87. The molecule has 1 atom stereocenters. The standard InChI is InChI=1S/C26H23NO6S/c1-4-31-26(30)23-20(17-8-6-5-7-9-17)14-34-25(23)27-24(29)16(3)32-18-10-11-19-15(2)12-22(28)33-21(19)13-18/h5-14,16H,4H2,1-3H3,(H,27,29). The van der Waals surface area contributed by atoms with Crippen LogP contribution in [-0.4, -0.2) is 24.6 Å². The van der Waals surface area contributed by atoms with E-state index in [1.807, 2.05) is 42.6 Å². The molecule has 0 aliphatic carbocycles. The van der Waals surface area contributed by atoms with Crippen LogP contribution in [-0.2, 0) is 9.53 Å². The zero-order valence-electron chi connectivity index (χ0n) is 18.9. The highest BCUT2D eigenvalue weighted by Gasteiger charge is 2.25. The molecule has 2 aromatic carbocycles. The summed E-state index contributed by atoms with van der Waals surface area (Å²) in [7, 11) is 0. The molecule has 4 aromatic rings. The van der Waals surface area contributed by atoms with E-state index in [-0.39, 0.29) is 6.61 Å². The average molecular weight is 478 g/mol. The Hall–Kier alpha value is -3.91. The van der Waals surface area contributed by atoms with Crippen LogP contribution in [0.5, 0.6) is 5.75 Å². The minimum atomic E-state index is -0.883. The first-order valence-electron chi connectivity index (χ1n) is 10.7. The minimum absolute atomic E-state index is 0.216. The van der Waals surface area contributed by atoms with Gasteiger partial charge in [0.2, 0.25) is 0 Å². The average Bonchev–Trinajstić information content (AvgIpc) is 3.23. The van der Waals surface area contributed by atoms with Gasteiger partial charge in [-0.1, -0.05) is 30.3 Å². The molecule has 0 aliphatic rings. The summed E-state index contributed by atoms with van der Waals surface area (Å²) in [5.74, 6) is -0.560. The van der Waals surface area contributed by atoms with Gasteiger partial charge in [0.05, 0.1) is 6.61 Å². The monoisotopic (exact) mass is 477 g/mol. The Bertz CT molecular complexity index is 1410. The van der Waals surface area contributed by atoms with Crippen molar-refractivity contribution < 1.29 is 23.5 Å². The lowest BCUT2D eigenvalue weighted by molar-refractivity contribution is -0.122. The zero-order chi connectivity index (χ0) is 24.2. The fraction of sp³-hybridized carbons (Fsp3) is 0.192. The molecular formula is C26H23NO6S. The number of aryl methyl sites for hydroxylation is 1. The number of rotatable bonds is 7. The number of amides is 1. The number of fused-ring (bicyclic) bond motifs is 1. The van der Waals surface area contributed by atoms with Crippen molar-refractivity contribution in [3.8, 4) is 16.9 Å². The highest BCUT2D eigenvalue weighted by atomic mass is 32.1. The molecule has 4 rings (SSSR count). The minimum Gasteiger partial charge on any atom is -0.481 e. The van der Waals surface area contributed by atoms with E-state index < -0.39 is 23.6 Å². The van der Waals surface area contributed by atoms with E-state index in [0.717, 1.165) is 16.5 Å². The molecule has 7 nitrogen and oxygen atoms in total. The van der Waals surface area contributed by atoms with Gasteiger partial charge in [-0.2, -0.15) is 0 Å². The molecule has 0 saturated heterocycles. The summed E-state index contributed by atoms with van der Waals surface area (Å²) < 4.78 is 16.3. The van der Waals surface area contributed by atoms with Crippen LogP contribution in [0.1, 0.15) is 29.8 Å². The number of thiophene rings is 1. The van der Waals surface area contributed by atoms with Gasteiger partial charge in [0.25, 0.3) is 5.91 Å². The molecule has 0 spiro atoms. The van der Waals surface area contributed by atoms with Gasteiger partial charge in [-0.25, -0.2) is 9.59 Å². The van der Waals surface area contributed by atoms with Gasteiger partial charge in [-0.15, -0.1) is 11.3 Å². The van der Waals surface area contributed by atoms with Crippen LogP contribution >= 0.6 is 11.3 Å². The number of anilines is 1. The normalized spacial score (nSPS) is 11.7. The van der Waals surface area contributed by atoms with Gasteiger partial charge in [-0.05, 0) is 44.0 Å². The lowest BCUT2D eigenvalue weighted by atomic mass is 10.0. The Labute approximate surface area is 199 Å². The smallest absolute Gasteiger partial charge is 0.341 e. The fourth-order valence-corrected chi connectivity index (χ4v) is 4.50. The number of esters is 1. The number of ether oxygens (including phenoxy) is 2. The van der Waals surface area contributed by atoms with Gasteiger partial charge in [0, 0.05) is 28.5 Å². The van der Waals surface area contributed by atoms with Crippen LogP contribution in [0.2, 0.25) is 0 Å². The maximum absolute atomic E-state index is 12.9. The molecule has 0 bridgehead atoms. The molecule has 0 fully saturated rings. The number of hydrogen-bond donors (Lipinski definition) is 1. The molecule has 8 heteroatoms. The van der Waals surface area contributed by atoms with Gasteiger partial charge in [-0.3, -0.25) is 4.79 Å². The topological polar surface area (TPSA) is 94.8 Å². The molecule has 2 heterocycles. The molecule has 1 N–H and O–H groups in total. The summed E-state index contributed by atoms with van der Waals surface area (Å²) in [5, 5.41) is 5.79. The maximum atomic E-state index is 12.9. The van der Waals surface area contributed by atoms with Crippen molar-refractivity contribution in [1.29, 1.82) is 0 Å². The van der Waals surface area contributed by atoms with Gasteiger partial charge in [0.15, 0.2) is 6.10 Å². The van der Waals surface area contributed by atoms with E-state index in [4.69, 9.17) is 13.9 Å². The summed E-state index contributed by atoms with van der Waals surface area (Å²) in [6.07, 6.45) is -0.883. The first-order valence-corrected chi connectivity index (χ1v) is 11.6. The fourth-order valence-electron chi connectivity index (χ4n) is 3.54. The summed E-state index contributed by atoms with van der Waals surface area (Å²) in [6, 6.07) is 15.9. The van der Waals surface area contributed by atoms with Gasteiger partial charge < -0.3 is 19.2 Å². The van der Waals surface area contributed by atoms with Gasteiger partial charge in [0.1, 0.15) is 21.9 Å². The van der Waals surface area contributed by atoms with E-state index in [2.05, 4.69) is 5.32 Å². The number of nitrogens with one attached hydrogen (secondary N) is 1. The van der Waals surface area contributed by atoms with Crippen LogP contribution in [0.3, 0.4) is 0 Å². The van der Waals surface area contributed by atoms with Crippen LogP contribution < -0.4 is 15.7 Å². The van der Waals surface area contributed by atoms with E-state index >= 15 is 0 Å². The molecule has 1 unspecified atom stereocenters. The molecule has 0 radical (unpaired) electrons. The van der Waals surface area contributed by atoms with Crippen molar-refractivity contribution in [3.05, 3.63) is 81.5 Å². The molecule has 0 aliphatic heterocycles. The largest absolute Gasteiger partial charge is 0.481 e. The van der Waals surface area contributed by atoms with E-state index in [1.165, 1.54) is 17.4 Å². The van der Waals surface area contributed by atoms with Crippen molar-refractivity contribution >= 4 is 39.2 Å². The predicted octanol–water partition coefficient (Wildman–Crippen LogP) is 5.41. The zero-order valence-corrected chi connectivity index (χ0v) is 19.7. The van der Waals surface area contributed by atoms with Crippen LogP contribution in [0.15, 0.2) is 69.2 Å². The van der Waals surface area contributed by atoms with Crippen LogP contribution in [0.25, 0.3) is 22.1 Å². The molecule has 0 saturated carbocycles. The Balaban J connectivity index is 1.56. The summed E-state index contributed by atoms with van der Waals surface area (Å²) in [4.78, 5) is 37.3. The van der Waals surface area contributed by atoms with E-state index in [1.54, 1.807) is 32.0 Å².